The van der Waals surface area contributed by atoms with Crippen LogP contribution in [0, 0.1) is 0 Å². The van der Waals surface area contributed by atoms with Crippen LogP contribution in [0.4, 0.5) is 0 Å². The smallest absolute Gasteiger partial charge is 0.249 e. The predicted molar refractivity (Wildman–Crippen MR) is 68.8 cm³/mol. The minimum absolute atomic E-state index is 0.0956. The number of hydrogen-bond donors (Lipinski definition) is 4. The van der Waals surface area contributed by atoms with E-state index in [-0.39, 0.29) is 35.1 Å². The summed E-state index contributed by atoms with van der Waals surface area (Å²) in [6, 6.07) is 0. The lowest BCUT2D eigenvalue weighted by Crippen LogP contribution is -2.41. The number of carbonyl (C=O) groups is 4. The van der Waals surface area contributed by atoms with Crippen LogP contribution in [0.15, 0.2) is 0 Å². The second-order valence-corrected chi connectivity index (χ2v) is 5.45. The molecule has 0 unspecified atom stereocenters. The highest BCUT2D eigenvalue weighted by molar-refractivity contribution is 8.77. The van der Waals surface area contributed by atoms with Crippen LogP contribution in [0.1, 0.15) is 13.8 Å². The summed E-state index contributed by atoms with van der Waals surface area (Å²) in [6.07, 6.45) is 0. The Morgan fingerprint density at radius 2 is 1.06 bits per heavy atom. The van der Waals surface area contributed by atoms with Gasteiger partial charge in [0.1, 0.15) is 0 Å². The molecule has 0 atom stereocenters. The van der Waals surface area contributed by atoms with E-state index in [9.17, 15) is 19.2 Å². The molecule has 0 heterocycles. The maximum absolute atomic E-state index is 11.1. The second-order valence-electron chi connectivity index (χ2n) is 2.98. The fraction of sp³-hybridized carbons (Fsp3) is 0.500. The molecule has 0 rings (SSSR count). The van der Waals surface area contributed by atoms with Crippen LogP contribution in [0.25, 0.3) is 0 Å². The van der Waals surface area contributed by atoms with Gasteiger partial charge in [-0.25, -0.2) is 0 Å². The summed E-state index contributed by atoms with van der Waals surface area (Å²) in [4.78, 5) is 43.1. The van der Waals surface area contributed by atoms with E-state index in [0.717, 1.165) is 21.6 Å². The van der Waals surface area contributed by atoms with Crippen molar-refractivity contribution >= 4 is 45.2 Å². The minimum atomic E-state index is -0.370. The molecule has 0 radical (unpaired) electrons. The minimum Gasteiger partial charge on any atom is -0.274 e. The van der Waals surface area contributed by atoms with Gasteiger partial charge in [0, 0.05) is 13.8 Å². The summed E-state index contributed by atoms with van der Waals surface area (Å²) in [5.74, 6) is -1.28. The summed E-state index contributed by atoms with van der Waals surface area (Å²) in [5.41, 5.74) is 8.64. The number of amides is 4. The normalized spacial score (nSPS) is 9.22. The summed E-state index contributed by atoms with van der Waals surface area (Å²) in [6.45, 7) is 2.54. The van der Waals surface area contributed by atoms with Gasteiger partial charge in [0.15, 0.2) is 0 Å². The van der Waals surface area contributed by atoms with Gasteiger partial charge < -0.3 is 0 Å². The highest BCUT2D eigenvalue weighted by Crippen LogP contribution is 2.19. The van der Waals surface area contributed by atoms with Crippen LogP contribution in [-0.2, 0) is 19.2 Å². The van der Waals surface area contributed by atoms with Crippen molar-refractivity contribution < 1.29 is 19.2 Å². The Bertz CT molecular complexity index is 305. The standard InChI is InChI=1S/C8H14N4O4S2/c1-5(13)9-11-7(15)3-17-18-4-8(16)12-10-6(2)14/h3-4H2,1-2H3,(H,9,13)(H,10,14)(H,11,15)(H,12,16). The first kappa shape index (κ1) is 16.6. The quantitative estimate of drug-likeness (QED) is 0.284. The van der Waals surface area contributed by atoms with Crippen LogP contribution in [0.3, 0.4) is 0 Å². The summed E-state index contributed by atoms with van der Waals surface area (Å²) in [7, 11) is 2.31. The van der Waals surface area contributed by atoms with E-state index in [2.05, 4.69) is 21.7 Å². The van der Waals surface area contributed by atoms with Crippen LogP contribution in [-0.4, -0.2) is 35.1 Å². The molecule has 4 amide bonds. The molecule has 102 valence electrons. The molecule has 0 fully saturated rings. The first-order valence-electron chi connectivity index (χ1n) is 4.77. The van der Waals surface area contributed by atoms with Gasteiger partial charge in [-0.1, -0.05) is 21.6 Å². The summed E-state index contributed by atoms with van der Waals surface area (Å²) in [5, 5.41) is 0. The van der Waals surface area contributed by atoms with Crippen molar-refractivity contribution in [2.45, 2.75) is 13.8 Å². The third kappa shape index (κ3) is 11.1. The van der Waals surface area contributed by atoms with Gasteiger partial charge in [-0.05, 0) is 0 Å². The first-order valence-corrected chi connectivity index (χ1v) is 7.26. The lowest BCUT2D eigenvalue weighted by molar-refractivity contribution is -0.126. The topological polar surface area (TPSA) is 116 Å². The van der Waals surface area contributed by atoms with Crippen molar-refractivity contribution in [2.75, 3.05) is 11.5 Å². The zero-order valence-electron chi connectivity index (χ0n) is 9.86. The van der Waals surface area contributed by atoms with E-state index in [0.29, 0.717) is 0 Å². The lowest BCUT2D eigenvalue weighted by atomic mass is 10.7. The molecule has 0 aliphatic heterocycles. The maximum atomic E-state index is 11.1. The molecule has 4 N–H and O–H groups in total. The molecule has 18 heavy (non-hydrogen) atoms. The Balaban J connectivity index is 3.49. The van der Waals surface area contributed by atoms with Gasteiger partial charge in [0.05, 0.1) is 11.5 Å². The highest BCUT2D eigenvalue weighted by atomic mass is 33.1. The van der Waals surface area contributed by atoms with Gasteiger partial charge in [-0.2, -0.15) is 0 Å². The molecule has 0 aromatic carbocycles. The number of nitrogens with one attached hydrogen (secondary N) is 4. The van der Waals surface area contributed by atoms with Crippen molar-refractivity contribution in [1.29, 1.82) is 0 Å². The number of carbonyl (C=O) groups excluding carboxylic acids is 4. The third-order valence-electron chi connectivity index (χ3n) is 1.22. The molecule has 10 heteroatoms. The fourth-order valence-electron chi connectivity index (χ4n) is 0.578. The molecule has 0 saturated heterocycles. The Hall–Kier alpha value is -1.42. The van der Waals surface area contributed by atoms with E-state index in [4.69, 9.17) is 0 Å². The number of hydrazine groups is 2. The SMILES string of the molecule is CC(=O)NNC(=O)CSSCC(=O)NNC(C)=O. The van der Waals surface area contributed by atoms with Gasteiger partial charge in [0.2, 0.25) is 23.6 Å². The average molecular weight is 294 g/mol. The van der Waals surface area contributed by atoms with Crippen LogP contribution >= 0.6 is 21.6 Å². The molecule has 0 aromatic rings. The van der Waals surface area contributed by atoms with Crippen molar-refractivity contribution in [3.63, 3.8) is 0 Å². The van der Waals surface area contributed by atoms with Crippen LogP contribution < -0.4 is 21.7 Å². The Morgan fingerprint density at radius 1 is 0.722 bits per heavy atom. The second kappa shape index (κ2) is 9.59. The zero-order chi connectivity index (χ0) is 14.0. The van der Waals surface area contributed by atoms with Gasteiger partial charge in [-0.3, -0.25) is 40.9 Å². The molecule has 0 aliphatic rings. The number of rotatable bonds is 5. The zero-order valence-corrected chi connectivity index (χ0v) is 11.5. The van der Waals surface area contributed by atoms with E-state index in [1.54, 1.807) is 0 Å². The molecule has 8 nitrogen and oxygen atoms in total. The van der Waals surface area contributed by atoms with Crippen molar-refractivity contribution in [3.8, 4) is 0 Å². The molecular formula is C8H14N4O4S2. The molecule has 0 aromatic heterocycles. The van der Waals surface area contributed by atoms with E-state index < -0.39 is 0 Å². The van der Waals surface area contributed by atoms with Gasteiger partial charge in [0.25, 0.3) is 0 Å². The van der Waals surface area contributed by atoms with Crippen LogP contribution in [0.5, 0.6) is 0 Å². The molecule has 0 aliphatic carbocycles. The number of hydrogen-bond acceptors (Lipinski definition) is 6. The van der Waals surface area contributed by atoms with Gasteiger partial charge >= 0.3 is 0 Å². The van der Waals surface area contributed by atoms with Crippen LogP contribution in [0.2, 0.25) is 0 Å². The fourth-order valence-corrected chi connectivity index (χ4v) is 2.25. The Kier molecular flexibility index (Phi) is 8.84. The van der Waals surface area contributed by atoms with E-state index >= 15 is 0 Å². The van der Waals surface area contributed by atoms with Crippen molar-refractivity contribution in [2.24, 2.45) is 0 Å². The van der Waals surface area contributed by atoms with E-state index in [1.807, 2.05) is 0 Å². The molecule has 0 saturated carbocycles. The first-order chi connectivity index (χ1) is 8.41. The Morgan fingerprint density at radius 3 is 1.33 bits per heavy atom. The van der Waals surface area contributed by atoms with Crippen molar-refractivity contribution in [1.82, 2.24) is 21.7 Å². The molecular weight excluding hydrogens is 280 g/mol. The summed E-state index contributed by atoms with van der Waals surface area (Å²) >= 11 is 0. The third-order valence-corrected chi connectivity index (χ3v) is 3.35. The van der Waals surface area contributed by atoms with Gasteiger partial charge in [-0.15, -0.1) is 0 Å². The largest absolute Gasteiger partial charge is 0.274 e. The predicted octanol–water partition coefficient (Wildman–Crippen LogP) is -1.30. The molecule has 0 spiro atoms. The maximum Gasteiger partial charge on any atom is 0.249 e. The molecule has 0 bridgehead atoms. The summed E-state index contributed by atoms with van der Waals surface area (Å²) < 4.78 is 0. The average Bonchev–Trinajstić information content (AvgIpc) is 2.29. The Labute approximate surface area is 112 Å². The lowest BCUT2D eigenvalue weighted by Gasteiger charge is -2.05. The van der Waals surface area contributed by atoms with E-state index in [1.165, 1.54) is 13.8 Å². The highest BCUT2D eigenvalue weighted by Gasteiger charge is 2.05. The monoisotopic (exact) mass is 294 g/mol. The van der Waals surface area contributed by atoms with Crippen molar-refractivity contribution in [3.05, 3.63) is 0 Å².